The summed E-state index contributed by atoms with van der Waals surface area (Å²) in [5.41, 5.74) is 0.162. The van der Waals surface area contributed by atoms with Crippen LogP contribution in [0.15, 0.2) is 35.2 Å². The number of carbonyl (C=O) groups excluding carboxylic acids is 3. The number of hydrogen-bond donors (Lipinski definition) is 1. The standard InChI is InChI=1S/C13H16N2O3S2/c1-4-6-19-13(20-7-5-2)11-12(18)15(9(3)16)8-10(17)14-11/h4-5H,1-2,6-8H2,3H3,(H,14,17). The smallest absolute Gasteiger partial charge is 0.279 e. The van der Waals surface area contributed by atoms with Gasteiger partial charge in [-0.3, -0.25) is 19.3 Å². The van der Waals surface area contributed by atoms with Crippen LogP contribution in [0.1, 0.15) is 6.92 Å². The van der Waals surface area contributed by atoms with E-state index in [2.05, 4.69) is 18.5 Å². The van der Waals surface area contributed by atoms with E-state index >= 15 is 0 Å². The minimum absolute atomic E-state index is 0.162. The molecule has 7 heteroatoms. The maximum Gasteiger partial charge on any atom is 0.279 e. The van der Waals surface area contributed by atoms with E-state index in [1.807, 2.05) is 0 Å². The average Bonchev–Trinajstić information content (AvgIpc) is 2.41. The van der Waals surface area contributed by atoms with Gasteiger partial charge in [0.25, 0.3) is 5.91 Å². The molecule has 108 valence electrons. The maximum atomic E-state index is 12.2. The second-order valence-corrected chi connectivity index (χ2v) is 6.14. The van der Waals surface area contributed by atoms with Crippen molar-refractivity contribution in [2.75, 3.05) is 18.1 Å². The maximum absolute atomic E-state index is 12.2. The molecule has 1 N–H and O–H groups in total. The SMILES string of the molecule is C=CCSC(SCC=C)=C1NC(=O)CN(C(C)=O)C1=O. The summed E-state index contributed by atoms with van der Waals surface area (Å²) in [7, 11) is 0. The highest BCUT2D eigenvalue weighted by Gasteiger charge is 2.32. The Morgan fingerprint density at radius 3 is 2.30 bits per heavy atom. The fourth-order valence-corrected chi connectivity index (χ4v) is 3.28. The molecule has 1 saturated heterocycles. The predicted octanol–water partition coefficient (Wildman–Crippen LogP) is 1.50. The number of imide groups is 1. The minimum Gasteiger partial charge on any atom is -0.319 e. The van der Waals surface area contributed by atoms with Crippen molar-refractivity contribution in [3.8, 4) is 0 Å². The fraction of sp³-hybridized carbons (Fsp3) is 0.308. The first-order chi connectivity index (χ1) is 9.51. The molecule has 1 aliphatic rings. The number of piperazine rings is 1. The average molecular weight is 312 g/mol. The number of amides is 3. The largest absolute Gasteiger partial charge is 0.319 e. The molecule has 1 aliphatic heterocycles. The van der Waals surface area contributed by atoms with Gasteiger partial charge in [0.15, 0.2) is 0 Å². The third-order valence-corrected chi connectivity index (χ3v) is 4.72. The van der Waals surface area contributed by atoms with E-state index in [-0.39, 0.29) is 18.1 Å². The molecule has 0 aromatic carbocycles. The van der Waals surface area contributed by atoms with Gasteiger partial charge >= 0.3 is 0 Å². The zero-order valence-corrected chi connectivity index (χ0v) is 12.8. The van der Waals surface area contributed by atoms with E-state index in [0.717, 1.165) is 4.90 Å². The zero-order valence-electron chi connectivity index (χ0n) is 11.2. The van der Waals surface area contributed by atoms with Crippen LogP contribution >= 0.6 is 23.5 Å². The van der Waals surface area contributed by atoms with E-state index < -0.39 is 11.8 Å². The first-order valence-corrected chi connectivity index (χ1v) is 7.82. The first-order valence-electron chi connectivity index (χ1n) is 5.85. The van der Waals surface area contributed by atoms with E-state index in [1.54, 1.807) is 12.2 Å². The van der Waals surface area contributed by atoms with Gasteiger partial charge in [0.1, 0.15) is 12.2 Å². The Morgan fingerprint density at radius 2 is 1.85 bits per heavy atom. The molecule has 20 heavy (non-hydrogen) atoms. The van der Waals surface area contributed by atoms with Gasteiger partial charge in [-0.05, 0) is 0 Å². The van der Waals surface area contributed by atoms with Crippen LogP contribution in [0.4, 0.5) is 0 Å². The molecule has 3 amide bonds. The quantitative estimate of drug-likeness (QED) is 0.595. The minimum atomic E-state index is -0.472. The molecule has 0 aromatic heterocycles. The van der Waals surface area contributed by atoms with Crippen LogP contribution in [0.2, 0.25) is 0 Å². The molecule has 0 unspecified atom stereocenters. The number of thioether (sulfide) groups is 2. The van der Waals surface area contributed by atoms with Gasteiger partial charge in [-0.2, -0.15) is 0 Å². The molecule has 0 atom stereocenters. The van der Waals surface area contributed by atoms with Crippen molar-refractivity contribution in [2.24, 2.45) is 0 Å². The van der Waals surface area contributed by atoms with E-state index in [0.29, 0.717) is 15.7 Å². The van der Waals surface area contributed by atoms with Crippen molar-refractivity contribution in [1.82, 2.24) is 10.2 Å². The number of carbonyl (C=O) groups is 3. The van der Waals surface area contributed by atoms with Gasteiger partial charge in [0.2, 0.25) is 11.8 Å². The molecule has 0 aromatic rings. The van der Waals surface area contributed by atoms with Gasteiger partial charge in [-0.25, -0.2) is 0 Å². The summed E-state index contributed by atoms with van der Waals surface area (Å²) in [4.78, 5) is 36.2. The lowest BCUT2D eigenvalue weighted by atomic mass is 10.3. The molecule has 0 bridgehead atoms. The summed E-state index contributed by atoms with van der Waals surface area (Å²) in [5, 5.41) is 2.56. The molecule has 5 nitrogen and oxygen atoms in total. The summed E-state index contributed by atoms with van der Waals surface area (Å²) in [5.74, 6) is -0.0756. The van der Waals surface area contributed by atoms with E-state index in [1.165, 1.54) is 30.4 Å². The normalized spacial score (nSPS) is 14.8. The predicted molar refractivity (Wildman–Crippen MR) is 82.9 cm³/mol. The van der Waals surface area contributed by atoms with Crippen LogP contribution in [0.5, 0.6) is 0 Å². The first kappa shape index (κ1) is 16.6. The molecule has 1 fully saturated rings. The molecule has 1 rings (SSSR count). The third-order valence-electron chi connectivity index (χ3n) is 2.27. The Balaban J connectivity index is 3.10. The van der Waals surface area contributed by atoms with Crippen molar-refractivity contribution in [2.45, 2.75) is 6.92 Å². The Labute approximate surface area is 126 Å². The van der Waals surface area contributed by atoms with Gasteiger partial charge in [0, 0.05) is 18.4 Å². The van der Waals surface area contributed by atoms with E-state index in [9.17, 15) is 14.4 Å². The van der Waals surface area contributed by atoms with Crippen LogP contribution in [0.3, 0.4) is 0 Å². The van der Waals surface area contributed by atoms with Crippen LogP contribution < -0.4 is 5.32 Å². The van der Waals surface area contributed by atoms with Crippen molar-refractivity contribution in [3.63, 3.8) is 0 Å². The van der Waals surface area contributed by atoms with Gasteiger partial charge in [0.05, 0.1) is 4.24 Å². The van der Waals surface area contributed by atoms with E-state index in [4.69, 9.17) is 0 Å². The highest BCUT2D eigenvalue weighted by molar-refractivity contribution is 8.22. The van der Waals surface area contributed by atoms with Crippen LogP contribution in [0, 0.1) is 0 Å². The monoisotopic (exact) mass is 312 g/mol. The molecule has 0 spiro atoms. The van der Waals surface area contributed by atoms with Crippen LogP contribution in [-0.4, -0.2) is 40.7 Å². The molecular formula is C13H16N2O3S2. The van der Waals surface area contributed by atoms with Crippen molar-refractivity contribution >= 4 is 41.2 Å². The zero-order chi connectivity index (χ0) is 15.1. The van der Waals surface area contributed by atoms with Crippen molar-refractivity contribution < 1.29 is 14.4 Å². The van der Waals surface area contributed by atoms with Crippen molar-refractivity contribution in [3.05, 3.63) is 35.2 Å². The third kappa shape index (κ3) is 4.28. The summed E-state index contributed by atoms with van der Waals surface area (Å²) in [6.45, 7) is 8.28. The molecule has 0 saturated carbocycles. The van der Waals surface area contributed by atoms with Gasteiger partial charge in [-0.15, -0.1) is 36.7 Å². The number of hydrogen-bond acceptors (Lipinski definition) is 5. The summed E-state index contributed by atoms with van der Waals surface area (Å²) < 4.78 is 0.661. The lowest BCUT2D eigenvalue weighted by Gasteiger charge is -2.27. The number of nitrogens with one attached hydrogen (secondary N) is 1. The molecular weight excluding hydrogens is 296 g/mol. The Bertz CT molecular complexity index is 472. The Hall–Kier alpha value is -1.47. The lowest BCUT2D eigenvalue weighted by molar-refractivity contribution is -0.147. The molecule has 1 heterocycles. The number of rotatable bonds is 6. The topological polar surface area (TPSA) is 66.5 Å². The van der Waals surface area contributed by atoms with Gasteiger partial charge < -0.3 is 5.32 Å². The Kier molecular flexibility index (Phi) is 6.60. The lowest BCUT2D eigenvalue weighted by Crippen LogP contribution is -2.52. The van der Waals surface area contributed by atoms with Gasteiger partial charge in [-0.1, -0.05) is 12.2 Å². The second kappa shape index (κ2) is 7.96. The van der Waals surface area contributed by atoms with Crippen LogP contribution in [-0.2, 0) is 14.4 Å². The summed E-state index contributed by atoms with van der Waals surface area (Å²) in [6, 6.07) is 0. The fourth-order valence-electron chi connectivity index (χ4n) is 1.43. The molecule has 0 aliphatic carbocycles. The second-order valence-electron chi connectivity index (χ2n) is 3.82. The van der Waals surface area contributed by atoms with Crippen LogP contribution in [0.25, 0.3) is 0 Å². The summed E-state index contributed by atoms with van der Waals surface area (Å²) in [6.07, 6.45) is 3.41. The molecule has 0 radical (unpaired) electrons. The van der Waals surface area contributed by atoms with Crippen molar-refractivity contribution in [1.29, 1.82) is 0 Å². The highest BCUT2D eigenvalue weighted by atomic mass is 32.2. The highest BCUT2D eigenvalue weighted by Crippen LogP contribution is 2.32. The summed E-state index contributed by atoms with van der Waals surface area (Å²) >= 11 is 2.78. The number of nitrogens with zero attached hydrogens (tertiary/aromatic N) is 1. The Morgan fingerprint density at radius 1 is 1.30 bits per heavy atom.